The Labute approximate surface area is 82.3 Å². The Bertz CT molecular complexity index is 132. The van der Waals surface area contributed by atoms with E-state index in [-0.39, 0.29) is 0 Å². The van der Waals surface area contributed by atoms with Gasteiger partial charge in [0.05, 0.1) is 6.10 Å². The monoisotopic (exact) mass is 185 g/mol. The Balaban J connectivity index is 2.24. The van der Waals surface area contributed by atoms with Crippen LogP contribution in [0.3, 0.4) is 0 Å². The molecule has 2 unspecified atom stereocenters. The third-order valence-corrected chi connectivity index (χ3v) is 2.91. The summed E-state index contributed by atoms with van der Waals surface area (Å²) in [6.45, 7) is 8.95. The molecule has 0 amide bonds. The van der Waals surface area contributed by atoms with Crippen LogP contribution in [0, 0.1) is 0 Å². The lowest BCUT2D eigenvalue weighted by molar-refractivity contribution is -0.0892. The van der Waals surface area contributed by atoms with Crippen LogP contribution in [0.2, 0.25) is 0 Å². The van der Waals surface area contributed by atoms with Crippen molar-refractivity contribution in [2.45, 2.75) is 58.8 Å². The summed E-state index contributed by atoms with van der Waals surface area (Å²) >= 11 is 0. The smallest absolute Gasteiger partial charge is 0.108 e. The molecule has 1 saturated heterocycles. The van der Waals surface area contributed by atoms with E-state index in [2.05, 4.69) is 25.7 Å². The molecule has 0 saturated carbocycles. The van der Waals surface area contributed by atoms with E-state index in [1.807, 2.05) is 0 Å². The first-order chi connectivity index (χ1) is 6.24. The molecule has 2 heteroatoms. The molecule has 1 heterocycles. The number of hydrogen-bond acceptors (Lipinski definition) is 2. The van der Waals surface area contributed by atoms with E-state index in [4.69, 9.17) is 4.74 Å². The first-order valence-electron chi connectivity index (χ1n) is 5.63. The first kappa shape index (κ1) is 11.0. The van der Waals surface area contributed by atoms with Gasteiger partial charge in [0.1, 0.15) is 6.23 Å². The predicted octanol–water partition coefficient (Wildman–Crippen LogP) is 2.63. The van der Waals surface area contributed by atoms with Crippen LogP contribution >= 0.6 is 0 Å². The van der Waals surface area contributed by atoms with Gasteiger partial charge in [0, 0.05) is 13.1 Å². The average molecular weight is 185 g/mol. The summed E-state index contributed by atoms with van der Waals surface area (Å²) in [5.41, 5.74) is 0. The van der Waals surface area contributed by atoms with Crippen molar-refractivity contribution in [3.05, 3.63) is 0 Å². The minimum Gasteiger partial charge on any atom is -0.361 e. The highest BCUT2D eigenvalue weighted by molar-refractivity contribution is 4.66. The van der Waals surface area contributed by atoms with Crippen LogP contribution in [-0.2, 0) is 4.74 Å². The molecule has 0 radical (unpaired) electrons. The van der Waals surface area contributed by atoms with Crippen LogP contribution in [0.4, 0.5) is 0 Å². The summed E-state index contributed by atoms with van der Waals surface area (Å²) in [6.07, 6.45) is 5.90. The van der Waals surface area contributed by atoms with Crippen molar-refractivity contribution in [2.75, 3.05) is 13.1 Å². The largest absolute Gasteiger partial charge is 0.361 e. The number of rotatable bonds is 4. The summed E-state index contributed by atoms with van der Waals surface area (Å²) < 4.78 is 5.86. The van der Waals surface area contributed by atoms with E-state index < -0.39 is 0 Å². The highest BCUT2D eigenvalue weighted by atomic mass is 16.5. The molecule has 2 atom stereocenters. The normalized spacial score (nSPS) is 24.2. The molecule has 2 nitrogen and oxygen atoms in total. The summed E-state index contributed by atoms with van der Waals surface area (Å²) in [5, 5.41) is 0. The highest BCUT2D eigenvalue weighted by Crippen LogP contribution is 2.14. The van der Waals surface area contributed by atoms with Gasteiger partial charge in [-0.05, 0) is 33.1 Å². The van der Waals surface area contributed by atoms with Gasteiger partial charge in [-0.3, -0.25) is 4.90 Å². The van der Waals surface area contributed by atoms with Gasteiger partial charge in [0.15, 0.2) is 0 Å². The van der Waals surface area contributed by atoms with Gasteiger partial charge in [-0.2, -0.15) is 0 Å². The fourth-order valence-electron chi connectivity index (χ4n) is 1.80. The molecule has 0 aliphatic carbocycles. The second-order valence-electron chi connectivity index (χ2n) is 4.05. The van der Waals surface area contributed by atoms with E-state index in [1.54, 1.807) is 0 Å². The maximum absolute atomic E-state index is 5.86. The fourth-order valence-corrected chi connectivity index (χ4v) is 1.80. The average Bonchev–Trinajstić information content (AvgIpc) is 2.19. The van der Waals surface area contributed by atoms with Crippen molar-refractivity contribution in [1.29, 1.82) is 0 Å². The quantitative estimate of drug-likeness (QED) is 0.667. The number of likely N-dealkylation sites (tertiary alicyclic amines) is 1. The van der Waals surface area contributed by atoms with Crippen molar-refractivity contribution in [2.24, 2.45) is 0 Å². The summed E-state index contributed by atoms with van der Waals surface area (Å²) in [5.74, 6) is 0. The van der Waals surface area contributed by atoms with E-state index in [0.29, 0.717) is 12.3 Å². The Morgan fingerprint density at radius 1 is 1.15 bits per heavy atom. The van der Waals surface area contributed by atoms with Gasteiger partial charge in [-0.25, -0.2) is 0 Å². The Morgan fingerprint density at radius 2 is 1.77 bits per heavy atom. The molecule has 0 bridgehead atoms. The first-order valence-corrected chi connectivity index (χ1v) is 5.63. The number of nitrogens with zero attached hydrogens (tertiary/aromatic N) is 1. The lowest BCUT2D eigenvalue weighted by Gasteiger charge is -2.33. The molecule has 0 N–H and O–H groups in total. The molecule has 0 aromatic heterocycles. The second kappa shape index (κ2) is 5.61. The molecular formula is C11H23NO. The van der Waals surface area contributed by atoms with Crippen molar-refractivity contribution >= 4 is 0 Å². The molecule has 1 fully saturated rings. The summed E-state index contributed by atoms with van der Waals surface area (Å²) in [7, 11) is 0. The molecule has 0 aromatic rings. The molecule has 1 aliphatic heterocycles. The summed E-state index contributed by atoms with van der Waals surface area (Å²) in [6, 6.07) is 0. The maximum Gasteiger partial charge on any atom is 0.108 e. The zero-order chi connectivity index (χ0) is 9.68. The third-order valence-electron chi connectivity index (χ3n) is 2.91. The van der Waals surface area contributed by atoms with Crippen molar-refractivity contribution in [1.82, 2.24) is 4.90 Å². The van der Waals surface area contributed by atoms with Crippen molar-refractivity contribution in [3.8, 4) is 0 Å². The topological polar surface area (TPSA) is 12.5 Å². The molecule has 78 valence electrons. The van der Waals surface area contributed by atoms with Gasteiger partial charge in [0.2, 0.25) is 0 Å². The minimum atomic E-state index is 0.315. The van der Waals surface area contributed by atoms with Gasteiger partial charge < -0.3 is 4.74 Å². The van der Waals surface area contributed by atoms with Gasteiger partial charge >= 0.3 is 0 Å². The van der Waals surface area contributed by atoms with Crippen LogP contribution in [-0.4, -0.2) is 30.3 Å². The maximum atomic E-state index is 5.86. The zero-order valence-electron chi connectivity index (χ0n) is 9.25. The van der Waals surface area contributed by atoms with Crippen molar-refractivity contribution in [3.63, 3.8) is 0 Å². The SMILES string of the molecule is CCC(C)OC(C)N1CCCCC1. The third kappa shape index (κ3) is 3.65. The number of piperidine rings is 1. The summed E-state index contributed by atoms with van der Waals surface area (Å²) in [4.78, 5) is 2.45. The molecule has 0 aromatic carbocycles. The fraction of sp³-hybridized carbons (Fsp3) is 1.00. The lowest BCUT2D eigenvalue weighted by Crippen LogP contribution is -2.40. The Hall–Kier alpha value is -0.0800. The van der Waals surface area contributed by atoms with E-state index in [9.17, 15) is 0 Å². The van der Waals surface area contributed by atoms with Crippen LogP contribution in [0.25, 0.3) is 0 Å². The number of ether oxygens (including phenoxy) is 1. The van der Waals surface area contributed by atoms with E-state index >= 15 is 0 Å². The van der Waals surface area contributed by atoms with Gasteiger partial charge in [0.25, 0.3) is 0 Å². The van der Waals surface area contributed by atoms with Gasteiger partial charge in [-0.1, -0.05) is 13.3 Å². The van der Waals surface area contributed by atoms with E-state index in [0.717, 1.165) is 6.42 Å². The second-order valence-corrected chi connectivity index (χ2v) is 4.05. The van der Waals surface area contributed by atoms with Gasteiger partial charge in [-0.15, -0.1) is 0 Å². The number of hydrogen-bond donors (Lipinski definition) is 0. The lowest BCUT2D eigenvalue weighted by atomic mass is 10.1. The molecular weight excluding hydrogens is 162 g/mol. The minimum absolute atomic E-state index is 0.315. The molecule has 1 rings (SSSR count). The van der Waals surface area contributed by atoms with Crippen LogP contribution < -0.4 is 0 Å². The van der Waals surface area contributed by atoms with Crippen LogP contribution in [0.1, 0.15) is 46.5 Å². The Morgan fingerprint density at radius 3 is 2.31 bits per heavy atom. The van der Waals surface area contributed by atoms with Crippen molar-refractivity contribution < 1.29 is 4.74 Å². The standard InChI is InChI=1S/C11H23NO/c1-4-10(2)13-11(3)12-8-6-5-7-9-12/h10-11H,4-9H2,1-3H3. The molecule has 1 aliphatic rings. The van der Waals surface area contributed by atoms with Crippen LogP contribution in [0.15, 0.2) is 0 Å². The Kier molecular flexibility index (Phi) is 4.74. The zero-order valence-corrected chi connectivity index (χ0v) is 9.25. The van der Waals surface area contributed by atoms with E-state index in [1.165, 1.54) is 32.4 Å². The molecule has 13 heavy (non-hydrogen) atoms. The highest BCUT2D eigenvalue weighted by Gasteiger charge is 2.18. The molecule has 0 spiro atoms. The van der Waals surface area contributed by atoms with Crippen LogP contribution in [0.5, 0.6) is 0 Å². The predicted molar refractivity (Wildman–Crippen MR) is 55.7 cm³/mol.